The number of para-hydroxylation sites is 1. The fourth-order valence-electron chi connectivity index (χ4n) is 2.20. The smallest absolute Gasteiger partial charge is 0.226 e. The Kier molecular flexibility index (Phi) is 4.50. The molecule has 2 aromatic rings. The van der Waals surface area contributed by atoms with E-state index in [2.05, 4.69) is 4.98 Å². The Balaban J connectivity index is 1.50. The van der Waals surface area contributed by atoms with Gasteiger partial charge < -0.3 is 9.64 Å². The largest absolute Gasteiger partial charge is 0.493 e. The summed E-state index contributed by atoms with van der Waals surface area (Å²) in [4.78, 5) is 18.6. The van der Waals surface area contributed by atoms with Gasteiger partial charge in [-0.2, -0.15) is 0 Å². The second kappa shape index (κ2) is 6.72. The Labute approximate surface area is 128 Å². The van der Waals surface area contributed by atoms with Gasteiger partial charge in [0.2, 0.25) is 5.91 Å². The summed E-state index contributed by atoms with van der Waals surface area (Å²) in [5, 5.41) is 2.95. The van der Waals surface area contributed by atoms with Crippen LogP contribution in [-0.2, 0) is 11.3 Å². The van der Waals surface area contributed by atoms with Crippen LogP contribution in [0.1, 0.15) is 24.3 Å². The molecule has 0 unspecified atom stereocenters. The number of thiazole rings is 1. The number of nitrogens with zero attached hydrogens (tertiary/aromatic N) is 2. The summed E-state index contributed by atoms with van der Waals surface area (Å²) < 4.78 is 5.60. The van der Waals surface area contributed by atoms with Crippen molar-refractivity contribution in [2.75, 3.05) is 6.61 Å². The molecule has 0 N–H and O–H groups in total. The fraction of sp³-hybridized carbons (Fsp3) is 0.375. The minimum Gasteiger partial charge on any atom is -0.493 e. The number of aromatic nitrogens is 1. The SMILES string of the molecule is O=C(CCOc1ccccc1)N(Cc1nccs1)C1CC1. The molecular formula is C16H18N2O2S. The summed E-state index contributed by atoms with van der Waals surface area (Å²) in [5.41, 5.74) is 0. The van der Waals surface area contributed by atoms with Crippen molar-refractivity contribution in [3.63, 3.8) is 0 Å². The maximum absolute atomic E-state index is 12.4. The lowest BCUT2D eigenvalue weighted by Gasteiger charge is -2.21. The summed E-state index contributed by atoms with van der Waals surface area (Å²) in [5.74, 6) is 0.965. The van der Waals surface area contributed by atoms with Gasteiger partial charge in [-0.3, -0.25) is 4.79 Å². The highest BCUT2D eigenvalue weighted by molar-refractivity contribution is 7.09. The number of hydrogen-bond acceptors (Lipinski definition) is 4. The Bertz CT molecular complexity index is 567. The zero-order valence-corrected chi connectivity index (χ0v) is 12.6. The number of carbonyl (C=O) groups is 1. The van der Waals surface area contributed by atoms with Crippen molar-refractivity contribution >= 4 is 17.2 Å². The van der Waals surface area contributed by atoms with E-state index in [9.17, 15) is 4.79 Å². The average Bonchev–Trinajstić information content (AvgIpc) is 3.22. The number of benzene rings is 1. The molecule has 110 valence electrons. The maximum atomic E-state index is 12.4. The topological polar surface area (TPSA) is 42.4 Å². The standard InChI is InChI=1S/C16H18N2O2S/c19-16(8-10-20-14-4-2-1-3-5-14)18(13-6-7-13)12-15-17-9-11-21-15/h1-5,9,11,13H,6-8,10,12H2. The molecular weight excluding hydrogens is 284 g/mol. The van der Waals surface area contributed by atoms with Crippen LogP contribution in [0.4, 0.5) is 0 Å². The average molecular weight is 302 g/mol. The summed E-state index contributed by atoms with van der Waals surface area (Å²) in [6.45, 7) is 1.05. The van der Waals surface area contributed by atoms with Crippen molar-refractivity contribution < 1.29 is 9.53 Å². The molecule has 1 saturated carbocycles. The van der Waals surface area contributed by atoms with Gasteiger partial charge in [-0.05, 0) is 25.0 Å². The van der Waals surface area contributed by atoms with Gasteiger partial charge in [0, 0.05) is 17.6 Å². The van der Waals surface area contributed by atoms with Gasteiger partial charge in [-0.15, -0.1) is 11.3 Å². The maximum Gasteiger partial charge on any atom is 0.226 e. The van der Waals surface area contributed by atoms with Gasteiger partial charge in [-0.1, -0.05) is 18.2 Å². The lowest BCUT2D eigenvalue weighted by Crippen LogP contribution is -2.33. The van der Waals surface area contributed by atoms with E-state index >= 15 is 0 Å². The Morgan fingerprint density at radius 2 is 2.14 bits per heavy atom. The summed E-state index contributed by atoms with van der Waals surface area (Å²) >= 11 is 1.60. The van der Waals surface area contributed by atoms with E-state index in [1.54, 1.807) is 17.5 Å². The van der Waals surface area contributed by atoms with E-state index in [0.717, 1.165) is 23.6 Å². The molecule has 1 fully saturated rings. The first kappa shape index (κ1) is 14.1. The molecule has 0 aliphatic heterocycles. The highest BCUT2D eigenvalue weighted by Gasteiger charge is 2.32. The van der Waals surface area contributed by atoms with Crippen LogP contribution in [0, 0.1) is 0 Å². The first-order valence-corrected chi connectivity index (χ1v) is 8.06. The number of amides is 1. The van der Waals surface area contributed by atoms with Crippen LogP contribution in [0.3, 0.4) is 0 Å². The van der Waals surface area contributed by atoms with Crippen LogP contribution in [0.2, 0.25) is 0 Å². The van der Waals surface area contributed by atoms with Crippen LogP contribution in [0.5, 0.6) is 5.75 Å². The van der Waals surface area contributed by atoms with E-state index in [1.165, 1.54) is 0 Å². The highest BCUT2D eigenvalue weighted by atomic mass is 32.1. The van der Waals surface area contributed by atoms with Crippen molar-refractivity contribution in [1.82, 2.24) is 9.88 Å². The van der Waals surface area contributed by atoms with Gasteiger partial charge in [0.25, 0.3) is 0 Å². The summed E-state index contributed by atoms with van der Waals surface area (Å²) in [7, 11) is 0. The minimum atomic E-state index is 0.156. The van der Waals surface area contributed by atoms with Crippen LogP contribution < -0.4 is 4.74 Å². The van der Waals surface area contributed by atoms with Crippen molar-refractivity contribution in [2.24, 2.45) is 0 Å². The van der Waals surface area contributed by atoms with E-state index in [0.29, 0.717) is 25.6 Å². The molecule has 1 aliphatic carbocycles. The van der Waals surface area contributed by atoms with Crippen molar-refractivity contribution in [2.45, 2.75) is 31.8 Å². The Hall–Kier alpha value is -1.88. The second-order valence-corrected chi connectivity index (χ2v) is 6.07. The Morgan fingerprint density at radius 1 is 1.33 bits per heavy atom. The molecule has 3 rings (SSSR count). The predicted octanol–water partition coefficient (Wildman–Crippen LogP) is 3.10. The molecule has 0 radical (unpaired) electrons. The highest BCUT2D eigenvalue weighted by Crippen LogP contribution is 2.29. The van der Waals surface area contributed by atoms with Gasteiger partial charge in [0.05, 0.1) is 19.6 Å². The van der Waals surface area contributed by atoms with E-state index in [4.69, 9.17) is 4.74 Å². The molecule has 5 heteroatoms. The lowest BCUT2D eigenvalue weighted by molar-refractivity contribution is -0.132. The molecule has 1 aromatic heterocycles. The van der Waals surface area contributed by atoms with Crippen molar-refractivity contribution in [1.29, 1.82) is 0 Å². The molecule has 0 bridgehead atoms. The van der Waals surface area contributed by atoms with Gasteiger partial charge in [0.15, 0.2) is 0 Å². The first-order valence-electron chi connectivity index (χ1n) is 7.18. The number of rotatable bonds is 7. The van der Waals surface area contributed by atoms with Crippen LogP contribution >= 0.6 is 11.3 Å². The zero-order chi connectivity index (χ0) is 14.5. The predicted molar refractivity (Wildman–Crippen MR) is 82.2 cm³/mol. The molecule has 0 spiro atoms. The normalized spacial score (nSPS) is 13.9. The van der Waals surface area contributed by atoms with Crippen molar-refractivity contribution in [3.8, 4) is 5.75 Å². The molecule has 0 saturated heterocycles. The minimum absolute atomic E-state index is 0.156. The third-order valence-electron chi connectivity index (χ3n) is 3.42. The fourth-order valence-corrected chi connectivity index (χ4v) is 2.81. The molecule has 4 nitrogen and oxygen atoms in total. The monoisotopic (exact) mass is 302 g/mol. The first-order chi connectivity index (χ1) is 10.3. The van der Waals surface area contributed by atoms with Crippen LogP contribution in [0.15, 0.2) is 41.9 Å². The molecule has 21 heavy (non-hydrogen) atoms. The van der Waals surface area contributed by atoms with E-state index in [1.807, 2.05) is 40.6 Å². The number of carbonyl (C=O) groups excluding carboxylic acids is 1. The quantitative estimate of drug-likeness (QED) is 0.789. The van der Waals surface area contributed by atoms with Crippen LogP contribution in [0.25, 0.3) is 0 Å². The third kappa shape index (κ3) is 4.04. The van der Waals surface area contributed by atoms with E-state index < -0.39 is 0 Å². The summed E-state index contributed by atoms with van der Waals surface area (Å²) in [6.07, 6.45) is 4.41. The molecule has 1 amide bonds. The molecule has 0 atom stereocenters. The molecule has 1 aliphatic rings. The number of ether oxygens (including phenoxy) is 1. The molecule has 1 aromatic carbocycles. The lowest BCUT2D eigenvalue weighted by atomic mass is 10.3. The van der Waals surface area contributed by atoms with Gasteiger partial charge >= 0.3 is 0 Å². The van der Waals surface area contributed by atoms with Gasteiger partial charge in [-0.25, -0.2) is 4.98 Å². The van der Waals surface area contributed by atoms with E-state index in [-0.39, 0.29) is 5.91 Å². The summed E-state index contributed by atoms with van der Waals surface area (Å²) in [6, 6.07) is 10.0. The van der Waals surface area contributed by atoms with Crippen molar-refractivity contribution in [3.05, 3.63) is 46.9 Å². The third-order valence-corrected chi connectivity index (χ3v) is 4.19. The molecule has 1 heterocycles. The zero-order valence-electron chi connectivity index (χ0n) is 11.8. The number of hydrogen-bond donors (Lipinski definition) is 0. The van der Waals surface area contributed by atoms with Gasteiger partial charge in [0.1, 0.15) is 10.8 Å². The second-order valence-electron chi connectivity index (χ2n) is 5.09. The van der Waals surface area contributed by atoms with Crippen LogP contribution in [-0.4, -0.2) is 28.4 Å². The Morgan fingerprint density at radius 3 is 2.81 bits per heavy atom.